The summed E-state index contributed by atoms with van der Waals surface area (Å²) in [6.07, 6.45) is 3.99. The predicted octanol–water partition coefficient (Wildman–Crippen LogP) is 1.97. The molecule has 26 heavy (non-hydrogen) atoms. The second-order valence-electron chi connectivity index (χ2n) is 6.47. The first-order valence-electron chi connectivity index (χ1n) is 8.81. The fraction of sp³-hybridized carbons (Fsp3) is 0.500. The Hall–Kier alpha value is -1.96. The normalized spacial score (nSPS) is 17.5. The van der Waals surface area contributed by atoms with Crippen molar-refractivity contribution in [3.8, 4) is 0 Å². The van der Waals surface area contributed by atoms with Gasteiger partial charge in [0.2, 0.25) is 0 Å². The van der Waals surface area contributed by atoms with E-state index < -0.39 is 0 Å². The lowest BCUT2D eigenvalue weighted by atomic mass is 10.2. The molecule has 1 aromatic carbocycles. The predicted molar refractivity (Wildman–Crippen MR) is 99.1 cm³/mol. The molecule has 0 bridgehead atoms. The van der Waals surface area contributed by atoms with Gasteiger partial charge in [0.25, 0.3) is 5.91 Å². The highest BCUT2D eigenvalue weighted by Crippen LogP contribution is 2.22. The highest BCUT2D eigenvalue weighted by Gasteiger charge is 2.25. The lowest BCUT2D eigenvalue weighted by Gasteiger charge is -2.24. The van der Waals surface area contributed by atoms with E-state index in [1.165, 1.54) is 5.56 Å². The topological polar surface area (TPSA) is 72.3 Å². The SMILES string of the molecule is COCCNC(=O)c1cn(C[C@@H]2CCCN2Cc2ccc(Cl)cc2)nn1. The standard InChI is InChI=1S/C18H24ClN5O2/c1-26-10-8-20-18(25)17-13-24(22-21-17)12-16-3-2-9-23(16)11-14-4-6-15(19)7-5-14/h4-7,13,16H,2-3,8-12H2,1H3,(H,20,25)/t16-/m0/s1. The molecule has 1 N–H and O–H groups in total. The molecule has 0 saturated carbocycles. The van der Waals surface area contributed by atoms with Gasteiger partial charge in [0, 0.05) is 31.3 Å². The summed E-state index contributed by atoms with van der Waals surface area (Å²) in [7, 11) is 1.60. The number of carbonyl (C=O) groups is 1. The van der Waals surface area contributed by atoms with Crippen LogP contribution in [-0.4, -0.2) is 58.6 Å². The Morgan fingerprint density at radius 1 is 1.38 bits per heavy atom. The second kappa shape index (κ2) is 9.12. The lowest BCUT2D eigenvalue weighted by Crippen LogP contribution is -2.32. The van der Waals surface area contributed by atoms with Crippen molar-refractivity contribution in [1.29, 1.82) is 0 Å². The maximum absolute atomic E-state index is 12.0. The minimum absolute atomic E-state index is 0.224. The first kappa shape index (κ1) is 18.8. The number of hydrogen-bond donors (Lipinski definition) is 1. The quantitative estimate of drug-likeness (QED) is 0.712. The van der Waals surface area contributed by atoms with Gasteiger partial charge in [0.15, 0.2) is 5.69 Å². The fourth-order valence-electron chi connectivity index (χ4n) is 3.20. The molecule has 0 radical (unpaired) electrons. The Labute approximate surface area is 158 Å². The lowest BCUT2D eigenvalue weighted by molar-refractivity contribution is 0.0932. The number of benzene rings is 1. The van der Waals surface area contributed by atoms with Crippen molar-refractivity contribution >= 4 is 17.5 Å². The van der Waals surface area contributed by atoms with Gasteiger partial charge in [-0.15, -0.1) is 5.10 Å². The average Bonchev–Trinajstić information content (AvgIpc) is 3.27. The largest absolute Gasteiger partial charge is 0.383 e. The van der Waals surface area contributed by atoms with Gasteiger partial charge in [-0.2, -0.15) is 0 Å². The van der Waals surface area contributed by atoms with Gasteiger partial charge in [-0.1, -0.05) is 28.9 Å². The van der Waals surface area contributed by atoms with Crippen molar-refractivity contribution in [3.05, 3.63) is 46.7 Å². The summed E-state index contributed by atoms with van der Waals surface area (Å²) in [6, 6.07) is 8.37. The Kier molecular flexibility index (Phi) is 6.60. The van der Waals surface area contributed by atoms with E-state index in [2.05, 4.69) is 32.7 Å². The zero-order chi connectivity index (χ0) is 18.4. The van der Waals surface area contributed by atoms with E-state index in [9.17, 15) is 4.79 Å². The molecular formula is C18H24ClN5O2. The number of ether oxygens (including phenoxy) is 1. The van der Waals surface area contributed by atoms with Gasteiger partial charge < -0.3 is 10.1 Å². The van der Waals surface area contributed by atoms with Gasteiger partial charge in [0.05, 0.1) is 19.3 Å². The third kappa shape index (κ3) is 5.03. The average molecular weight is 378 g/mol. The molecule has 1 fully saturated rings. The summed E-state index contributed by atoms with van der Waals surface area (Å²) in [6.45, 7) is 3.61. The van der Waals surface area contributed by atoms with Crippen molar-refractivity contribution in [2.45, 2.75) is 32.0 Å². The van der Waals surface area contributed by atoms with E-state index in [1.807, 2.05) is 12.1 Å². The van der Waals surface area contributed by atoms with Crippen LogP contribution in [0.15, 0.2) is 30.5 Å². The van der Waals surface area contributed by atoms with E-state index in [0.29, 0.717) is 24.9 Å². The van der Waals surface area contributed by atoms with E-state index in [4.69, 9.17) is 16.3 Å². The van der Waals surface area contributed by atoms with Crippen LogP contribution in [0.2, 0.25) is 5.02 Å². The summed E-state index contributed by atoms with van der Waals surface area (Å²) in [5.74, 6) is -0.224. The van der Waals surface area contributed by atoms with E-state index in [1.54, 1.807) is 18.0 Å². The van der Waals surface area contributed by atoms with E-state index in [-0.39, 0.29) is 5.91 Å². The Morgan fingerprint density at radius 2 is 2.19 bits per heavy atom. The smallest absolute Gasteiger partial charge is 0.273 e. The molecule has 2 aromatic rings. The van der Waals surface area contributed by atoms with Crippen LogP contribution in [0.3, 0.4) is 0 Å². The van der Waals surface area contributed by atoms with E-state index in [0.717, 1.165) is 37.5 Å². The van der Waals surface area contributed by atoms with Crippen molar-refractivity contribution in [3.63, 3.8) is 0 Å². The Balaban J connectivity index is 1.56. The number of rotatable bonds is 8. The summed E-state index contributed by atoms with van der Waals surface area (Å²) in [4.78, 5) is 14.4. The fourth-order valence-corrected chi connectivity index (χ4v) is 3.33. The Bertz CT molecular complexity index is 719. The van der Waals surface area contributed by atoms with Gasteiger partial charge >= 0.3 is 0 Å². The minimum Gasteiger partial charge on any atom is -0.383 e. The molecule has 1 atom stereocenters. The maximum Gasteiger partial charge on any atom is 0.273 e. The first-order chi connectivity index (χ1) is 12.7. The summed E-state index contributed by atoms with van der Waals surface area (Å²) in [5, 5.41) is 11.6. The molecule has 0 spiro atoms. The van der Waals surface area contributed by atoms with Gasteiger partial charge in [-0.05, 0) is 37.1 Å². The molecule has 7 nitrogen and oxygen atoms in total. The van der Waals surface area contributed by atoms with Crippen LogP contribution in [0.25, 0.3) is 0 Å². The molecule has 1 aliphatic rings. The molecular weight excluding hydrogens is 354 g/mol. The number of halogens is 1. The van der Waals surface area contributed by atoms with Crippen molar-refractivity contribution in [2.75, 3.05) is 26.8 Å². The Morgan fingerprint density at radius 3 is 2.96 bits per heavy atom. The minimum atomic E-state index is -0.224. The molecule has 1 saturated heterocycles. The number of likely N-dealkylation sites (tertiary alicyclic amines) is 1. The monoisotopic (exact) mass is 377 g/mol. The summed E-state index contributed by atoms with van der Waals surface area (Å²) >= 11 is 5.96. The zero-order valence-corrected chi connectivity index (χ0v) is 15.7. The molecule has 0 unspecified atom stereocenters. The van der Waals surface area contributed by atoms with Crippen molar-refractivity contribution in [2.24, 2.45) is 0 Å². The van der Waals surface area contributed by atoms with Crippen LogP contribution in [0.5, 0.6) is 0 Å². The van der Waals surface area contributed by atoms with E-state index >= 15 is 0 Å². The van der Waals surface area contributed by atoms with Gasteiger partial charge in [0.1, 0.15) is 0 Å². The van der Waals surface area contributed by atoms with Crippen molar-refractivity contribution in [1.82, 2.24) is 25.2 Å². The molecule has 8 heteroatoms. The van der Waals surface area contributed by atoms with Crippen LogP contribution in [0, 0.1) is 0 Å². The molecule has 0 aliphatic carbocycles. The van der Waals surface area contributed by atoms with Crippen LogP contribution >= 0.6 is 11.6 Å². The molecule has 2 heterocycles. The molecule has 1 amide bonds. The third-order valence-corrected chi connectivity index (χ3v) is 4.81. The summed E-state index contributed by atoms with van der Waals surface area (Å²) in [5.41, 5.74) is 1.58. The maximum atomic E-state index is 12.0. The van der Waals surface area contributed by atoms with Crippen molar-refractivity contribution < 1.29 is 9.53 Å². The number of aromatic nitrogens is 3. The number of carbonyl (C=O) groups excluding carboxylic acids is 1. The molecule has 3 rings (SSSR count). The molecule has 140 valence electrons. The first-order valence-corrected chi connectivity index (χ1v) is 9.19. The highest BCUT2D eigenvalue weighted by molar-refractivity contribution is 6.30. The number of hydrogen-bond acceptors (Lipinski definition) is 5. The number of amides is 1. The highest BCUT2D eigenvalue weighted by atomic mass is 35.5. The number of methoxy groups -OCH3 is 1. The van der Waals surface area contributed by atoms with Gasteiger partial charge in [-0.3, -0.25) is 14.4 Å². The zero-order valence-electron chi connectivity index (χ0n) is 14.9. The van der Waals surface area contributed by atoms with Gasteiger partial charge in [-0.25, -0.2) is 0 Å². The number of nitrogens with zero attached hydrogens (tertiary/aromatic N) is 4. The van der Waals surface area contributed by atoms with Crippen LogP contribution in [-0.2, 0) is 17.8 Å². The van der Waals surface area contributed by atoms with Crippen LogP contribution < -0.4 is 5.32 Å². The third-order valence-electron chi connectivity index (χ3n) is 4.56. The van der Waals surface area contributed by atoms with Crippen LogP contribution in [0.4, 0.5) is 0 Å². The number of nitrogens with one attached hydrogen (secondary N) is 1. The summed E-state index contributed by atoms with van der Waals surface area (Å²) < 4.78 is 6.68. The second-order valence-corrected chi connectivity index (χ2v) is 6.90. The molecule has 1 aliphatic heterocycles. The molecule has 1 aromatic heterocycles. The van der Waals surface area contributed by atoms with Crippen LogP contribution in [0.1, 0.15) is 28.9 Å².